The van der Waals surface area contributed by atoms with Crippen LogP contribution in [-0.2, 0) is 0 Å². The zero-order chi connectivity index (χ0) is 9.14. The van der Waals surface area contributed by atoms with E-state index in [-0.39, 0.29) is 0 Å². The fourth-order valence-corrected chi connectivity index (χ4v) is 1.51. The average Bonchev–Trinajstić information content (AvgIpc) is 2.05. The van der Waals surface area contributed by atoms with Crippen LogP contribution in [0.1, 0.15) is 0 Å². The molecule has 1 aliphatic heterocycles. The maximum Gasteiger partial charge on any atom is 0.102 e. The first-order valence-corrected chi connectivity index (χ1v) is 4.00. The molecule has 0 fully saturated rings. The second-order valence-electron chi connectivity index (χ2n) is 2.14. The van der Waals surface area contributed by atoms with Gasteiger partial charge in [-0.15, -0.1) is 0 Å². The number of thioether (sulfide) groups is 1. The summed E-state index contributed by atoms with van der Waals surface area (Å²) >= 11 is 1.13. The van der Waals surface area contributed by atoms with Crippen LogP contribution in [0.3, 0.4) is 0 Å². The molecule has 5 heteroatoms. The summed E-state index contributed by atoms with van der Waals surface area (Å²) in [6, 6.07) is 3.80. The number of rotatable bonds is 0. The molecule has 0 aromatic heterocycles. The van der Waals surface area contributed by atoms with Gasteiger partial charge >= 0.3 is 0 Å². The van der Waals surface area contributed by atoms with Crippen molar-refractivity contribution in [3.8, 4) is 12.1 Å². The predicted molar refractivity (Wildman–Crippen MR) is 46.1 cm³/mol. The second-order valence-corrected chi connectivity index (χ2v) is 3.32. The van der Waals surface area contributed by atoms with Crippen molar-refractivity contribution in [3.05, 3.63) is 22.3 Å². The SMILES string of the molecule is N#CC1=CC(C#N)=C(N)SC1N. The quantitative estimate of drug-likeness (QED) is 0.550. The summed E-state index contributed by atoms with van der Waals surface area (Å²) in [5.41, 5.74) is 11.7. The van der Waals surface area contributed by atoms with Crippen LogP contribution in [0.2, 0.25) is 0 Å². The summed E-state index contributed by atoms with van der Waals surface area (Å²) in [5.74, 6) is 0. The zero-order valence-corrected chi connectivity index (χ0v) is 6.93. The molecular formula is C7H6N4S. The number of hydrogen-bond acceptors (Lipinski definition) is 5. The minimum Gasteiger partial charge on any atom is -0.392 e. The van der Waals surface area contributed by atoms with Crippen molar-refractivity contribution >= 4 is 11.8 Å². The first-order chi connectivity index (χ1) is 5.69. The summed E-state index contributed by atoms with van der Waals surface area (Å²) < 4.78 is 0. The third-order valence-electron chi connectivity index (χ3n) is 1.38. The van der Waals surface area contributed by atoms with Gasteiger partial charge in [0.25, 0.3) is 0 Å². The van der Waals surface area contributed by atoms with Gasteiger partial charge in [-0.05, 0) is 6.08 Å². The summed E-state index contributed by atoms with van der Waals surface area (Å²) in [6.07, 6.45) is 1.43. The zero-order valence-electron chi connectivity index (χ0n) is 6.11. The van der Waals surface area contributed by atoms with Crippen molar-refractivity contribution < 1.29 is 0 Å². The van der Waals surface area contributed by atoms with Gasteiger partial charge in [-0.2, -0.15) is 10.5 Å². The fourth-order valence-electron chi connectivity index (χ4n) is 0.756. The highest BCUT2D eigenvalue weighted by atomic mass is 32.2. The van der Waals surface area contributed by atoms with Crippen molar-refractivity contribution in [1.29, 1.82) is 10.5 Å². The number of nitrogens with two attached hydrogens (primary N) is 2. The molecule has 0 saturated carbocycles. The molecule has 0 spiro atoms. The molecule has 0 aliphatic carbocycles. The highest BCUT2D eigenvalue weighted by Gasteiger charge is 2.18. The van der Waals surface area contributed by atoms with Crippen LogP contribution >= 0.6 is 11.8 Å². The molecule has 1 heterocycles. The maximum absolute atomic E-state index is 8.58. The topological polar surface area (TPSA) is 99.6 Å². The molecule has 0 saturated heterocycles. The van der Waals surface area contributed by atoms with Crippen molar-refractivity contribution in [2.75, 3.05) is 0 Å². The first kappa shape index (κ1) is 8.66. The Morgan fingerprint density at radius 3 is 2.58 bits per heavy atom. The van der Waals surface area contributed by atoms with E-state index in [0.717, 1.165) is 11.8 Å². The third kappa shape index (κ3) is 1.42. The molecule has 0 radical (unpaired) electrons. The molecule has 0 amide bonds. The Labute approximate surface area is 74.1 Å². The van der Waals surface area contributed by atoms with E-state index < -0.39 is 5.37 Å². The lowest BCUT2D eigenvalue weighted by Gasteiger charge is -2.15. The highest BCUT2D eigenvalue weighted by molar-refractivity contribution is 8.03. The summed E-state index contributed by atoms with van der Waals surface area (Å²) in [4.78, 5) is 0. The van der Waals surface area contributed by atoms with Gasteiger partial charge in [0, 0.05) is 0 Å². The van der Waals surface area contributed by atoms with E-state index in [4.69, 9.17) is 22.0 Å². The number of hydrogen-bond donors (Lipinski definition) is 2. The Morgan fingerprint density at radius 2 is 2.08 bits per heavy atom. The molecule has 1 unspecified atom stereocenters. The van der Waals surface area contributed by atoms with Crippen LogP contribution in [0.25, 0.3) is 0 Å². The molecule has 0 aromatic carbocycles. The smallest absolute Gasteiger partial charge is 0.102 e. The Hall–Kier alpha value is -1.43. The van der Waals surface area contributed by atoms with E-state index in [9.17, 15) is 0 Å². The largest absolute Gasteiger partial charge is 0.392 e. The molecule has 4 N–H and O–H groups in total. The standard InChI is InChI=1S/C7H6N4S/c8-2-4-1-5(3-9)7(11)12-6(4)10/h1,6H,10-11H2. The van der Waals surface area contributed by atoms with Gasteiger partial charge < -0.3 is 11.5 Å². The van der Waals surface area contributed by atoms with Gasteiger partial charge in [-0.25, -0.2) is 0 Å². The number of nitrogens with zero attached hydrogens (tertiary/aromatic N) is 2. The highest BCUT2D eigenvalue weighted by Crippen LogP contribution is 2.28. The summed E-state index contributed by atoms with van der Waals surface area (Å²) in [7, 11) is 0. The maximum atomic E-state index is 8.58. The van der Waals surface area contributed by atoms with Crippen LogP contribution in [0.15, 0.2) is 22.3 Å². The summed E-state index contributed by atoms with van der Waals surface area (Å²) in [5, 5.41) is 17.1. The third-order valence-corrected chi connectivity index (χ3v) is 2.36. The van der Waals surface area contributed by atoms with Crippen molar-refractivity contribution in [3.63, 3.8) is 0 Å². The Bertz CT molecular complexity index is 341. The lowest BCUT2D eigenvalue weighted by molar-refractivity contribution is 1.09. The first-order valence-electron chi connectivity index (χ1n) is 3.13. The van der Waals surface area contributed by atoms with Gasteiger partial charge in [-0.1, -0.05) is 11.8 Å². The minimum atomic E-state index is -0.438. The molecule has 1 aliphatic rings. The molecule has 60 valence electrons. The fraction of sp³-hybridized carbons (Fsp3) is 0.143. The van der Waals surface area contributed by atoms with Crippen LogP contribution < -0.4 is 11.5 Å². The number of nitriles is 2. The van der Waals surface area contributed by atoms with Crippen LogP contribution in [0, 0.1) is 22.7 Å². The normalized spacial score (nSPS) is 22.6. The Kier molecular flexibility index (Phi) is 2.39. The Morgan fingerprint density at radius 1 is 1.42 bits per heavy atom. The van der Waals surface area contributed by atoms with E-state index in [1.54, 1.807) is 0 Å². The van der Waals surface area contributed by atoms with Gasteiger partial charge in [0.1, 0.15) is 6.07 Å². The van der Waals surface area contributed by atoms with Crippen molar-refractivity contribution in [2.24, 2.45) is 11.5 Å². The van der Waals surface area contributed by atoms with E-state index in [0.29, 0.717) is 16.2 Å². The van der Waals surface area contributed by atoms with E-state index >= 15 is 0 Å². The van der Waals surface area contributed by atoms with Gasteiger partial charge in [0.05, 0.1) is 27.6 Å². The van der Waals surface area contributed by atoms with E-state index in [2.05, 4.69) is 0 Å². The van der Waals surface area contributed by atoms with E-state index in [1.165, 1.54) is 6.08 Å². The monoisotopic (exact) mass is 178 g/mol. The van der Waals surface area contributed by atoms with E-state index in [1.807, 2.05) is 12.1 Å². The lowest BCUT2D eigenvalue weighted by Crippen LogP contribution is -2.22. The molecule has 1 rings (SSSR count). The molecule has 4 nitrogen and oxygen atoms in total. The van der Waals surface area contributed by atoms with Crippen LogP contribution in [0.4, 0.5) is 0 Å². The van der Waals surface area contributed by atoms with Crippen molar-refractivity contribution in [2.45, 2.75) is 5.37 Å². The van der Waals surface area contributed by atoms with Crippen molar-refractivity contribution in [1.82, 2.24) is 0 Å². The molecule has 12 heavy (non-hydrogen) atoms. The molecule has 0 bridgehead atoms. The lowest BCUT2D eigenvalue weighted by atomic mass is 10.2. The van der Waals surface area contributed by atoms with Gasteiger partial charge in [0.2, 0.25) is 0 Å². The minimum absolute atomic E-state index is 0.318. The summed E-state index contributed by atoms with van der Waals surface area (Å²) in [6.45, 7) is 0. The molecular weight excluding hydrogens is 172 g/mol. The van der Waals surface area contributed by atoms with Crippen LogP contribution in [0.5, 0.6) is 0 Å². The van der Waals surface area contributed by atoms with Gasteiger partial charge in [-0.3, -0.25) is 0 Å². The predicted octanol–water partition coefficient (Wildman–Crippen LogP) is 0.162. The molecule has 0 aromatic rings. The second kappa shape index (κ2) is 3.31. The van der Waals surface area contributed by atoms with Crippen LogP contribution in [-0.4, -0.2) is 5.37 Å². The Balaban J connectivity index is 3.09. The van der Waals surface area contributed by atoms with Gasteiger partial charge in [0.15, 0.2) is 0 Å². The number of allylic oxidation sites excluding steroid dienone is 2. The average molecular weight is 178 g/mol. The molecule has 1 atom stereocenters.